The summed E-state index contributed by atoms with van der Waals surface area (Å²) in [6, 6.07) is 4.97. The maximum atomic E-state index is 10.1. The summed E-state index contributed by atoms with van der Waals surface area (Å²) < 4.78 is 6.13. The Labute approximate surface area is 186 Å². The quantitative estimate of drug-likeness (QED) is 0.163. The second kappa shape index (κ2) is 18.4. The minimum atomic E-state index is -0.131. The third kappa shape index (κ3) is 13.0. The van der Waals surface area contributed by atoms with Crippen molar-refractivity contribution in [1.82, 2.24) is 0 Å². The van der Waals surface area contributed by atoms with Gasteiger partial charge < -0.3 is 14.9 Å². The largest absolute Gasteiger partial charge is 0.504 e. The molecule has 0 spiro atoms. The van der Waals surface area contributed by atoms with Gasteiger partial charge in [0.15, 0.2) is 11.5 Å². The molecule has 174 valence electrons. The van der Waals surface area contributed by atoms with Crippen molar-refractivity contribution in [1.29, 1.82) is 0 Å². The van der Waals surface area contributed by atoms with E-state index in [9.17, 15) is 10.2 Å². The lowest BCUT2D eigenvalue weighted by Crippen LogP contribution is -2.16. The van der Waals surface area contributed by atoms with Gasteiger partial charge in [0.1, 0.15) is 0 Å². The van der Waals surface area contributed by atoms with Gasteiger partial charge in [0, 0.05) is 0 Å². The standard InChI is InChI=1S/C27H48O3/c1-3-5-7-9-11-12-13-14-16-18-21-24(20-17-15-10-8-6-4-2)30-26-23-19-22-25(28)27(26)29/h19,22-24,28-29H,3-18,20-21H2,1-2H3. The summed E-state index contributed by atoms with van der Waals surface area (Å²) in [5.74, 6) is 0.177. The Hall–Kier alpha value is -1.38. The zero-order valence-electron chi connectivity index (χ0n) is 19.8. The molecule has 30 heavy (non-hydrogen) atoms. The normalized spacial score (nSPS) is 12.2. The molecule has 0 amide bonds. The van der Waals surface area contributed by atoms with Crippen LogP contribution in [0.15, 0.2) is 18.2 Å². The molecule has 0 heterocycles. The number of hydrogen-bond acceptors (Lipinski definition) is 3. The van der Waals surface area contributed by atoms with E-state index in [1.54, 1.807) is 12.1 Å². The van der Waals surface area contributed by atoms with Crippen molar-refractivity contribution in [2.45, 2.75) is 136 Å². The molecule has 3 heteroatoms. The molecule has 0 aromatic heterocycles. The number of phenolic OH excluding ortho intramolecular Hbond substituents is 2. The van der Waals surface area contributed by atoms with Crippen molar-refractivity contribution in [3.05, 3.63) is 18.2 Å². The van der Waals surface area contributed by atoms with Crippen LogP contribution in [0, 0.1) is 0 Å². The summed E-state index contributed by atoms with van der Waals surface area (Å²) in [7, 11) is 0. The highest BCUT2D eigenvalue weighted by Gasteiger charge is 2.14. The second-order valence-electron chi connectivity index (χ2n) is 8.89. The second-order valence-corrected chi connectivity index (χ2v) is 8.89. The number of benzene rings is 1. The number of unbranched alkanes of at least 4 members (excludes halogenated alkanes) is 14. The van der Waals surface area contributed by atoms with Gasteiger partial charge in [0.05, 0.1) is 6.10 Å². The third-order valence-corrected chi connectivity index (χ3v) is 6.03. The van der Waals surface area contributed by atoms with E-state index < -0.39 is 0 Å². The summed E-state index contributed by atoms with van der Waals surface area (Å²) in [6.07, 6.45) is 23.2. The lowest BCUT2D eigenvalue weighted by molar-refractivity contribution is 0.165. The van der Waals surface area contributed by atoms with E-state index in [0.29, 0.717) is 5.75 Å². The molecule has 1 rings (SSSR count). The minimum Gasteiger partial charge on any atom is -0.504 e. The Balaban J connectivity index is 2.30. The summed E-state index contributed by atoms with van der Waals surface area (Å²) in [6.45, 7) is 4.52. The Kier molecular flexibility index (Phi) is 16.3. The van der Waals surface area contributed by atoms with Crippen molar-refractivity contribution < 1.29 is 14.9 Å². The van der Waals surface area contributed by atoms with Crippen LogP contribution in [-0.2, 0) is 0 Å². The predicted octanol–water partition coefficient (Wildman–Crippen LogP) is 8.91. The molecule has 2 N–H and O–H groups in total. The highest BCUT2D eigenvalue weighted by molar-refractivity contribution is 5.48. The Morgan fingerprint density at radius 1 is 0.633 bits per heavy atom. The first-order chi connectivity index (χ1) is 14.7. The fraction of sp³-hybridized carbons (Fsp3) is 0.778. The molecule has 1 aromatic rings. The Morgan fingerprint density at radius 2 is 1.07 bits per heavy atom. The van der Waals surface area contributed by atoms with Gasteiger partial charge in [-0.3, -0.25) is 0 Å². The van der Waals surface area contributed by atoms with Crippen LogP contribution in [0.3, 0.4) is 0 Å². The van der Waals surface area contributed by atoms with E-state index >= 15 is 0 Å². The van der Waals surface area contributed by atoms with E-state index in [2.05, 4.69) is 13.8 Å². The molecular formula is C27H48O3. The first-order valence-corrected chi connectivity index (χ1v) is 12.9. The molecule has 0 aliphatic rings. The number of aromatic hydroxyl groups is 2. The van der Waals surface area contributed by atoms with E-state index in [1.165, 1.54) is 109 Å². The summed E-state index contributed by atoms with van der Waals surface area (Å²) in [4.78, 5) is 0. The van der Waals surface area contributed by atoms with E-state index in [1.807, 2.05) is 0 Å². The van der Waals surface area contributed by atoms with E-state index in [0.717, 1.165) is 12.8 Å². The van der Waals surface area contributed by atoms with Crippen LogP contribution in [0.2, 0.25) is 0 Å². The maximum Gasteiger partial charge on any atom is 0.200 e. The average molecular weight is 421 g/mol. The van der Waals surface area contributed by atoms with Crippen molar-refractivity contribution in [3.8, 4) is 17.2 Å². The van der Waals surface area contributed by atoms with Gasteiger partial charge >= 0.3 is 0 Å². The van der Waals surface area contributed by atoms with Crippen LogP contribution >= 0.6 is 0 Å². The van der Waals surface area contributed by atoms with Gasteiger partial charge in [-0.05, 0) is 37.8 Å². The summed E-state index contributed by atoms with van der Waals surface area (Å²) >= 11 is 0. The van der Waals surface area contributed by atoms with E-state index in [4.69, 9.17) is 4.74 Å². The van der Waals surface area contributed by atoms with Crippen molar-refractivity contribution in [2.24, 2.45) is 0 Å². The van der Waals surface area contributed by atoms with Crippen LogP contribution in [0.1, 0.15) is 129 Å². The number of ether oxygens (including phenoxy) is 1. The highest BCUT2D eigenvalue weighted by atomic mass is 16.5. The lowest BCUT2D eigenvalue weighted by Gasteiger charge is -2.20. The fourth-order valence-electron chi connectivity index (χ4n) is 4.06. The molecule has 0 saturated carbocycles. The molecule has 1 unspecified atom stereocenters. The smallest absolute Gasteiger partial charge is 0.200 e. The topological polar surface area (TPSA) is 49.7 Å². The first kappa shape index (κ1) is 26.7. The average Bonchev–Trinajstić information content (AvgIpc) is 2.74. The minimum absolute atomic E-state index is 0.107. The van der Waals surface area contributed by atoms with Crippen LogP contribution in [0.5, 0.6) is 17.2 Å². The molecular weight excluding hydrogens is 372 g/mol. The number of phenols is 2. The van der Waals surface area contributed by atoms with E-state index in [-0.39, 0.29) is 17.6 Å². The van der Waals surface area contributed by atoms with Crippen molar-refractivity contribution in [3.63, 3.8) is 0 Å². The van der Waals surface area contributed by atoms with Gasteiger partial charge in [-0.15, -0.1) is 0 Å². The molecule has 0 aliphatic carbocycles. The van der Waals surface area contributed by atoms with Crippen LogP contribution < -0.4 is 4.74 Å². The molecule has 3 nitrogen and oxygen atoms in total. The van der Waals surface area contributed by atoms with Crippen LogP contribution in [-0.4, -0.2) is 16.3 Å². The third-order valence-electron chi connectivity index (χ3n) is 6.03. The van der Waals surface area contributed by atoms with Crippen LogP contribution in [0.25, 0.3) is 0 Å². The van der Waals surface area contributed by atoms with Crippen molar-refractivity contribution in [2.75, 3.05) is 0 Å². The Morgan fingerprint density at radius 3 is 1.53 bits per heavy atom. The first-order valence-electron chi connectivity index (χ1n) is 12.9. The summed E-state index contributed by atoms with van der Waals surface area (Å²) in [5, 5.41) is 19.8. The molecule has 0 saturated heterocycles. The molecule has 0 radical (unpaired) electrons. The zero-order valence-corrected chi connectivity index (χ0v) is 19.8. The molecule has 1 aromatic carbocycles. The molecule has 0 fully saturated rings. The summed E-state index contributed by atoms with van der Waals surface area (Å²) in [5.41, 5.74) is 0. The molecule has 1 atom stereocenters. The Bertz CT molecular complexity index is 515. The SMILES string of the molecule is CCCCCCCCCCCCC(CCCCCCCC)Oc1cccc(O)c1O. The maximum absolute atomic E-state index is 10.1. The molecule has 0 aliphatic heterocycles. The molecule has 0 bridgehead atoms. The zero-order chi connectivity index (χ0) is 21.9. The van der Waals surface area contributed by atoms with Gasteiger partial charge in [0.25, 0.3) is 0 Å². The number of hydrogen-bond donors (Lipinski definition) is 2. The van der Waals surface area contributed by atoms with Gasteiger partial charge in [-0.2, -0.15) is 0 Å². The van der Waals surface area contributed by atoms with Gasteiger partial charge in [0.2, 0.25) is 5.75 Å². The van der Waals surface area contributed by atoms with Crippen molar-refractivity contribution >= 4 is 0 Å². The predicted molar refractivity (Wildman–Crippen MR) is 129 cm³/mol. The fourth-order valence-corrected chi connectivity index (χ4v) is 4.06. The lowest BCUT2D eigenvalue weighted by atomic mass is 10.0. The number of rotatable bonds is 20. The van der Waals surface area contributed by atoms with Gasteiger partial charge in [-0.1, -0.05) is 110 Å². The van der Waals surface area contributed by atoms with Gasteiger partial charge in [-0.25, -0.2) is 0 Å². The monoisotopic (exact) mass is 420 g/mol. The van der Waals surface area contributed by atoms with Crippen LogP contribution in [0.4, 0.5) is 0 Å². The number of para-hydroxylation sites is 1. The highest BCUT2D eigenvalue weighted by Crippen LogP contribution is 2.36.